The molecule has 3 aromatic carbocycles. The van der Waals surface area contributed by atoms with Crippen molar-refractivity contribution in [3.63, 3.8) is 0 Å². The van der Waals surface area contributed by atoms with Crippen LogP contribution in [0.5, 0.6) is 5.75 Å². The van der Waals surface area contributed by atoms with Crippen LogP contribution in [-0.4, -0.2) is 175 Å². The smallest absolute Gasteiger partial charge is 0.409 e. The number of thiazole rings is 1. The molecule has 8 atom stereocenters. The number of carboxylic acid groups (broad SMARTS) is 2. The Morgan fingerprint density at radius 3 is 2.39 bits per heavy atom. The number of hydrogen-bond acceptors (Lipinski definition) is 20. The minimum absolute atomic E-state index is 0.0228. The van der Waals surface area contributed by atoms with Crippen LogP contribution in [0.25, 0.3) is 21.3 Å². The maximum atomic E-state index is 13.9. The molecule has 10 N–H and O–H groups in total. The van der Waals surface area contributed by atoms with Gasteiger partial charge in [-0.1, -0.05) is 62.4 Å². The Morgan fingerprint density at radius 1 is 0.902 bits per heavy atom. The second kappa shape index (κ2) is 26.6. The van der Waals surface area contributed by atoms with Crippen LogP contribution in [0, 0.1) is 23.2 Å². The van der Waals surface area contributed by atoms with Gasteiger partial charge < -0.3 is 65.3 Å². The Hall–Kier alpha value is -7.34. The van der Waals surface area contributed by atoms with Crippen LogP contribution in [0.2, 0.25) is 0 Å². The van der Waals surface area contributed by atoms with E-state index in [-0.39, 0.29) is 65.8 Å². The van der Waals surface area contributed by atoms with E-state index in [1.807, 2.05) is 65.9 Å². The molecule has 25 nitrogen and oxygen atoms in total. The average Bonchev–Trinajstić information content (AvgIpc) is 0.729. The van der Waals surface area contributed by atoms with Crippen LogP contribution >= 0.6 is 11.3 Å². The highest BCUT2D eigenvalue weighted by Gasteiger charge is 2.66. The fraction of sp³-hybridized carbons (Fsp3) is 0.523. The number of aliphatic carboxylic acids is 1. The largest absolute Gasteiger partial charge is 0.479 e. The molecule has 0 spiro atoms. The third-order valence-corrected chi connectivity index (χ3v) is 20.7. The third kappa shape index (κ3) is 14.3. The molecule has 1 saturated heterocycles. The number of aliphatic hydroxyl groups excluding tert-OH is 3. The second-order valence-electron chi connectivity index (χ2n) is 26.4. The van der Waals surface area contributed by atoms with Gasteiger partial charge in [-0.15, -0.1) is 0 Å². The van der Waals surface area contributed by atoms with Gasteiger partial charge in [-0.3, -0.25) is 19.3 Å². The Bertz CT molecular complexity index is 3810. The third-order valence-electron chi connectivity index (χ3n) is 19.0. The minimum atomic E-state index is -4.48. The van der Waals surface area contributed by atoms with Crippen molar-refractivity contribution < 1.29 is 76.6 Å². The van der Waals surface area contributed by atoms with Crippen molar-refractivity contribution in [2.24, 2.45) is 22.0 Å². The lowest BCUT2D eigenvalue weighted by molar-refractivity contribution is -0.271. The van der Waals surface area contributed by atoms with Gasteiger partial charge in [0, 0.05) is 61.7 Å². The van der Waals surface area contributed by atoms with Crippen LogP contribution in [0.15, 0.2) is 79.0 Å². The van der Waals surface area contributed by atoms with Crippen molar-refractivity contribution in [2.45, 2.75) is 147 Å². The summed E-state index contributed by atoms with van der Waals surface area (Å²) in [4.78, 5) is 65.3. The van der Waals surface area contributed by atoms with Crippen LogP contribution < -0.4 is 26.0 Å². The van der Waals surface area contributed by atoms with Crippen molar-refractivity contribution in [3.8, 4) is 16.9 Å². The lowest BCUT2D eigenvalue weighted by atomic mass is 9.39. The number of aliphatic hydroxyl groups is 3. The number of nitrogens with two attached hydrogens (primary N) is 1. The first-order chi connectivity index (χ1) is 43.8. The maximum Gasteiger partial charge on any atom is 0.409 e. The number of aromatic carboxylic acids is 1. The van der Waals surface area contributed by atoms with Gasteiger partial charge in [-0.2, -0.15) is 13.5 Å². The molecule has 4 aliphatic carbocycles. The van der Waals surface area contributed by atoms with E-state index in [9.17, 15) is 57.7 Å². The summed E-state index contributed by atoms with van der Waals surface area (Å²) in [7, 11) is -4.48. The van der Waals surface area contributed by atoms with Gasteiger partial charge in [-0.25, -0.2) is 24.4 Å². The van der Waals surface area contributed by atoms with Gasteiger partial charge in [0.05, 0.1) is 46.7 Å². The van der Waals surface area contributed by atoms with Crippen molar-refractivity contribution >= 4 is 72.2 Å². The van der Waals surface area contributed by atoms with Gasteiger partial charge in [0.1, 0.15) is 29.9 Å². The molecule has 6 aromatic rings. The Kier molecular flexibility index (Phi) is 19.1. The molecule has 3 unspecified atom stereocenters. The van der Waals surface area contributed by atoms with E-state index >= 15 is 0 Å². The molecule has 5 fully saturated rings. The number of nitrogens with zero attached hydrogens (tertiary/aromatic N) is 6. The number of amides is 2. The van der Waals surface area contributed by atoms with E-state index in [4.69, 9.17) is 34.8 Å². The lowest BCUT2D eigenvalue weighted by Crippen LogP contribution is -2.64. The maximum absolute atomic E-state index is 13.9. The highest BCUT2D eigenvalue weighted by molar-refractivity contribution is 7.85. The normalized spacial score (nSPS) is 26.1. The molecular formula is C65H81N9O16S2. The van der Waals surface area contributed by atoms with Gasteiger partial charge in [0.15, 0.2) is 16.9 Å². The fourth-order valence-electron chi connectivity index (χ4n) is 15.9. The number of pyridine rings is 1. The first-order valence-electron chi connectivity index (χ1n) is 31.3. The average molecular weight is 1310 g/mol. The monoisotopic (exact) mass is 1310 g/mol. The molecule has 4 bridgehead atoms. The molecule has 2 amide bonds. The molecule has 5 heterocycles. The van der Waals surface area contributed by atoms with Crippen molar-refractivity contribution in [2.75, 3.05) is 67.2 Å². The second-order valence-corrected chi connectivity index (χ2v) is 29.0. The van der Waals surface area contributed by atoms with E-state index in [2.05, 4.69) is 29.5 Å². The number of nitrogens with one attached hydrogen (secondary N) is 2. The zero-order chi connectivity index (χ0) is 65.5. The molecule has 4 saturated carbocycles. The van der Waals surface area contributed by atoms with Crippen molar-refractivity contribution in [1.29, 1.82) is 0 Å². The summed E-state index contributed by atoms with van der Waals surface area (Å²) >= 11 is 1.40. The number of aromatic nitrogens is 4. The number of benzene rings is 3. The number of ether oxygens (including phenoxy) is 4. The summed E-state index contributed by atoms with van der Waals surface area (Å²) in [5, 5.41) is 63.2. The number of para-hydroxylation sites is 1. The highest BCUT2D eigenvalue weighted by atomic mass is 32.2. The van der Waals surface area contributed by atoms with E-state index < -0.39 is 70.2 Å². The van der Waals surface area contributed by atoms with Gasteiger partial charge in [0.25, 0.3) is 16.0 Å². The topological polar surface area (TPSA) is 361 Å². The molecule has 12 rings (SSSR count). The molecule has 494 valence electrons. The van der Waals surface area contributed by atoms with Crippen LogP contribution in [0.4, 0.5) is 21.4 Å². The first kappa shape index (κ1) is 66.1. The van der Waals surface area contributed by atoms with E-state index in [1.54, 1.807) is 36.5 Å². The summed E-state index contributed by atoms with van der Waals surface area (Å²) in [6, 6.07) is 22.1. The summed E-state index contributed by atoms with van der Waals surface area (Å²) in [5.41, 5.74) is 10.9. The van der Waals surface area contributed by atoms with E-state index in [0.29, 0.717) is 98.2 Å². The number of hydrogen-bond donors (Lipinski definition) is 9. The summed E-state index contributed by atoms with van der Waals surface area (Å²) in [6.45, 7) is 10.4. The Balaban J connectivity index is 0.743. The zero-order valence-electron chi connectivity index (χ0n) is 52.0. The van der Waals surface area contributed by atoms with Gasteiger partial charge in [0.2, 0.25) is 6.29 Å². The molecule has 3 aromatic heterocycles. The zero-order valence-corrected chi connectivity index (χ0v) is 53.6. The fourth-order valence-corrected chi connectivity index (χ4v) is 17.3. The Morgan fingerprint density at radius 2 is 1.67 bits per heavy atom. The van der Waals surface area contributed by atoms with E-state index in [1.165, 1.54) is 16.2 Å². The predicted molar refractivity (Wildman–Crippen MR) is 341 cm³/mol. The number of carbonyl (C=O) groups is 4. The minimum Gasteiger partial charge on any atom is -0.479 e. The van der Waals surface area contributed by atoms with Crippen LogP contribution in [0.1, 0.15) is 128 Å². The number of anilines is 3. The summed E-state index contributed by atoms with van der Waals surface area (Å²) in [6.07, 6.45) is -0.899. The van der Waals surface area contributed by atoms with E-state index in [0.717, 1.165) is 64.7 Å². The molecule has 2 aliphatic heterocycles. The lowest BCUT2D eigenvalue weighted by Gasteiger charge is -2.69. The number of fused-ring (bicyclic) bond motifs is 2. The van der Waals surface area contributed by atoms with Crippen molar-refractivity contribution in [3.05, 3.63) is 113 Å². The SMILES string of the molecule is CCC(CCOC(=O)N(CCOC12CC3(C)CC(C)(CC(Cn4ncc(-c5ccc(N6CCc7cccc(C(=O)Nc8nc9ccccc9s8)c7C6)nc5C(=O)O)c4C)(C3)C1)C2)CCS(=O)(=O)O)c1ccc(O[C@@H]2O[C@H](C(=O)O)[C@@H](O)[C@H](O)[C@H]2O)c(NCCCN)c1. The number of carbonyl (C=O) groups excluding carboxylic acids is 2. The molecule has 6 aliphatic rings. The van der Waals surface area contributed by atoms with Crippen LogP contribution in [-0.2, 0) is 48.6 Å². The molecule has 0 radical (unpaired) electrons. The number of carboxylic acids is 2. The predicted octanol–water partition coefficient (Wildman–Crippen LogP) is 7.45. The summed E-state index contributed by atoms with van der Waals surface area (Å²) in [5.74, 6) is -3.28. The quantitative estimate of drug-likeness (QED) is 0.0188. The highest BCUT2D eigenvalue weighted by Crippen LogP contribution is 2.72. The molecular weight excluding hydrogens is 1230 g/mol. The Labute approximate surface area is 537 Å². The van der Waals surface area contributed by atoms with Gasteiger partial charge in [-0.05, 0) is 159 Å². The molecule has 27 heteroatoms. The van der Waals surface area contributed by atoms with Crippen molar-refractivity contribution in [1.82, 2.24) is 24.6 Å². The number of rotatable bonds is 26. The van der Waals surface area contributed by atoms with Crippen LogP contribution in [0.3, 0.4) is 0 Å². The molecule has 92 heavy (non-hydrogen) atoms. The standard InChI is InChI=1S/C65H81N9O16S2/c1-5-39(41-14-16-48(47(28-41)67-21-9-20-66)89-59-54(77)52(75)53(76)55(90-59)58(81)82)19-25-87-61(83)72(24-27-92(84,85)86)23-26-88-65-34-62(3)31-63(4,35-65)33-64(32-62,36-65)37-74-38(2)44(29-68-74)42-15-17-50(70-51(42)57(79)80)73-22-18-40-10-8-11-43(45(40)30-73)56(78)71-60-69-46-12-6-7-13-49(46)91-60/h6-8,10-17,28-29,39,52-55,59,67,75-77H,5,9,18-27,30-37,66H2,1-4H3,(H,79,80)(H,81,82)(H,69,71,78)(H,84,85,86)/t39?,52-,53-,54+,55-,59+,62?,63?,64?,65?/m0/s1. The van der Waals surface area contributed by atoms with Gasteiger partial charge >= 0.3 is 18.0 Å². The summed E-state index contributed by atoms with van der Waals surface area (Å²) < 4.78 is 61.1. The first-order valence-corrected chi connectivity index (χ1v) is 33.7.